The van der Waals surface area contributed by atoms with Crippen molar-refractivity contribution in [3.8, 4) is 11.5 Å². The molecular weight excluding hydrogens is 298 g/mol. The van der Waals surface area contributed by atoms with Crippen LogP contribution < -0.4 is 14.8 Å². The third-order valence-electron chi connectivity index (χ3n) is 3.60. The average molecular weight is 317 g/mol. The van der Waals surface area contributed by atoms with E-state index in [0.29, 0.717) is 34.1 Å². The van der Waals surface area contributed by atoms with E-state index in [9.17, 15) is 9.59 Å². The zero-order valence-corrected chi connectivity index (χ0v) is 13.8. The Kier molecular flexibility index (Phi) is 4.68. The van der Waals surface area contributed by atoms with Crippen LogP contribution in [0.25, 0.3) is 0 Å². The molecule has 0 fully saturated rings. The van der Waals surface area contributed by atoms with Crippen LogP contribution in [0.4, 0.5) is 5.69 Å². The van der Waals surface area contributed by atoms with E-state index in [1.165, 1.54) is 14.2 Å². The van der Waals surface area contributed by atoms with Crippen LogP contribution in [0.15, 0.2) is 18.2 Å². The fourth-order valence-corrected chi connectivity index (χ4v) is 2.30. The van der Waals surface area contributed by atoms with Crippen molar-refractivity contribution in [2.75, 3.05) is 19.5 Å². The van der Waals surface area contributed by atoms with Gasteiger partial charge in [0.25, 0.3) is 11.7 Å². The molecule has 0 atom stereocenters. The van der Waals surface area contributed by atoms with Crippen molar-refractivity contribution in [3.63, 3.8) is 0 Å². The van der Waals surface area contributed by atoms with Crippen LogP contribution in [-0.2, 0) is 11.8 Å². The molecule has 0 unspecified atom stereocenters. The lowest BCUT2D eigenvalue weighted by atomic mass is 10.1. The first-order chi connectivity index (χ1) is 10.9. The number of hydrogen-bond acceptors (Lipinski definition) is 5. The minimum Gasteiger partial charge on any atom is -0.497 e. The summed E-state index contributed by atoms with van der Waals surface area (Å²) in [6.07, 6.45) is 0. The Labute approximate surface area is 134 Å². The molecule has 1 aromatic carbocycles. The molecule has 2 rings (SSSR count). The minimum absolute atomic E-state index is 0.317. The van der Waals surface area contributed by atoms with Crippen LogP contribution in [0.3, 0.4) is 0 Å². The monoisotopic (exact) mass is 317 g/mol. The predicted molar refractivity (Wildman–Crippen MR) is 85.2 cm³/mol. The Hall–Kier alpha value is -2.83. The summed E-state index contributed by atoms with van der Waals surface area (Å²) in [5, 5.41) is 6.72. The summed E-state index contributed by atoms with van der Waals surface area (Å²) in [5.41, 5.74) is 1.87. The van der Waals surface area contributed by atoms with E-state index in [-0.39, 0.29) is 0 Å². The molecule has 2 aromatic rings. The Balaban J connectivity index is 2.27. The number of aromatic nitrogens is 2. The van der Waals surface area contributed by atoms with Crippen molar-refractivity contribution >= 4 is 17.4 Å². The number of carbonyl (C=O) groups is 2. The molecule has 0 aliphatic rings. The number of ketones is 1. The van der Waals surface area contributed by atoms with Gasteiger partial charge in [0, 0.05) is 18.8 Å². The SMILES string of the molecule is COc1ccc(NC(=O)C(=O)c2c(C)nn(C)c2C)c(OC)c1. The molecule has 1 heterocycles. The van der Waals surface area contributed by atoms with E-state index < -0.39 is 11.7 Å². The van der Waals surface area contributed by atoms with Gasteiger partial charge in [-0.15, -0.1) is 0 Å². The molecule has 0 bridgehead atoms. The van der Waals surface area contributed by atoms with Gasteiger partial charge in [-0.3, -0.25) is 14.3 Å². The summed E-state index contributed by atoms with van der Waals surface area (Å²) in [6, 6.07) is 4.91. The Morgan fingerprint density at radius 1 is 1.17 bits per heavy atom. The van der Waals surface area contributed by atoms with Crippen molar-refractivity contribution in [1.82, 2.24) is 9.78 Å². The molecule has 23 heavy (non-hydrogen) atoms. The Bertz CT molecular complexity index is 765. The standard InChI is InChI=1S/C16H19N3O4/c1-9-14(10(2)19(3)18-9)15(20)16(21)17-12-7-6-11(22-4)8-13(12)23-5/h6-8H,1-5H3,(H,17,21). The molecule has 0 radical (unpaired) electrons. The Morgan fingerprint density at radius 3 is 2.39 bits per heavy atom. The molecule has 1 amide bonds. The number of aryl methyl sites for hydroxylation is 2. The first kappa shape index (κ1) is 16.5. The van der Waals surface area contributed by atoms with Gasteiger partial charge >= 0.3 is 0 Å². The fourth-order valence-electron chi connectivity index (χ4n) is 2.30. The molecule has 0 saturated heterocycles. The predicted octanol–water partition coefficient (Wildman–Crippen LogP) is 1.88. The summed E-state index contributed by atoms with van der Waals surface area (Å²) in [7, 11) is 4.73. The van der Waals surface area contributed by atoms with E-state index in [1.54, 1.807) is 43.8 Å². The fraction of sp³-hybridized carbons (Fsp3) is 0.312. The van der Waals surface area contributed by atoms with E-state index in [2.05, 4.69) is 10.4 Å². The second-order valence-corrected chi connectivity index (χ2v) is 5.02. The summed E-state index contributed by atoms with van der Waals surface area (Å²) in [4.78, 5) is 24.7. The lowest BCUT2D eigenvalue weighted by Crippen LogP contribution is -2.24. The van der Waals surface area contributed by atoms with Crippen LogP contribution in [0, 0.1) is 13.8 Å². The van der Waals surface area contributed by atoms with E-state index in [1.807, 2.05) is 0 Å². The summed E-state index contributed by atoms with van der Waals surface area (Å²) < 4.78 is 11.9. The number of hydrogen-bond donors (Lipinski definition) is 1. The molecule has 7 heteroatoms. The second-order valence-electron chi connectivity index (χ2n) is 5.02. The number of carbonyl (C=O) groups excluding carboxylic acids is 2. The number of amides is 1. The highest BCUT2D eigenvalue weighted by molar-refractivity contribution is 6.47. The van der Waals surface area contributed by atoms with Crippen molar-refractivity contribution in [3.05, 3.63) is 35.2 Å². The first-order valence-corrected chi connectivity index (χ1v) is 6.97. The van der Waals surface area contributed by atoms with Gasteiger partial charge in [-0.05, 0) is 26.0 Å². The number of ether oxygens (including phenoxy) is 2. The molecule has 0 saturated carbocycles. The van der Waals surface area contributed by atoms with Crippen LogP contribution in [0.1, 0.15) is 21.7 Å². The number of benzene rings is 1. The van der Waals surface area contributed by atoms with E-state index in [0.717, 1.165) is 0 Å². The van der Waals surface area contributed by atoms with Crippen LogP contribution in [0.2, 0.25) is 0 Å². The number of rotatable bonds is 5. The highest BCUT2D eigenvalue weighted by Gasteiger charge is 2.24. The van der Waals surface area contributed by atoms with E-state index >= 15 is 0 Å². The van der Waals surface area contributed by atoms with Crippen molar-refractivity contribution in [2.45, 2.75) is 13.8 Å². The summed E-state index contributed by atoms with van der Waals surface area (Å²) in [5.74, 6) is -0.381. The molecule has 1 aromatic heterocycles. The van der Waals surface area contributed by atoms with Gasteiger partial charge in [0.1, 0.15) is 11.5 Å². The number of Topliss-reactive ketones (excluding diaryl/α,β-unsaturated/α-hetero) is 1. The number of anilines is 1. The molecular formula is C16H19N3O4. The lowest BCUT2D eigenvalue weighted by Gasteiger charge is -2.11. The van der Waals surface area contributed by atoms with Crippen LogP contribution in [-0.4, -0.2) is 35.7 Å². The van der Waals surface area contributed by atoms with Crippen molar-refractivity contribution in [2.24, 2.45) is 7.05 Å². The van der Waals surface area contributed by atoms with E-state index in [4.69, 9.17) is 9.47 Å². The molecule has 0 spiro atoms. The smallest absolute Gasteiger partial charge is 0.297 e. The Morgan fingerprint density at radius 2 is 1.87 bits per heavy atom. The van der Waals surface area contributed by atoms with Gasteiger partial charge in [0.05, 0.1) is 31.2 Å². The van der Waals surface area contributed by atoms with Crippen LogP contribution >= 0.6 is 0 Å². The normalized spacial score (nSPS) is 10.3. The van der Waals surface area contributed by atoms with Gasteiger partial charge < -0.3 is 14.8 Å². The maximum Gasteiger partial charge on any atom is 0.297 e. The van der Waals surface area contributed by atoms with Gasteiger partial charge in [-0.1, -0.05) is 0 Å². The first-order valence-electron chi connectivity index (χ1n) is 6.97. The number of nitrogens with one attached hydrogen (secondary N) is 1. The van der Waals surface area contributed by atoms with Gasteiger partial charge in [0.15, 0.2) is 0 Å². The molecule has 122 valence electrons. The largest absolute Gasteiger partial charge is 0.497 e. The summed E-state index contributed by atoms with van der Waals surface area (Å²) in [6.45, 7) is 3.44. The highest BCUT2D eigenvalue weighted by Crippen LogP contribution is 2.29. The molecule has 0 aliphatic heterocycles. The van der Waals surface area contributed by atoms with Gasteiger partial charge in [0.2, 0.25) is 0 Å². The maximum absolute atomic E-state index is 12.4. The van der Waals surface area contributed by atoms with Gasteiger partial charge in [-0.25, -0.2) is 0 Å². The minimum atomic E-state index is -0.743. The number of methoxy groups -OCH3 is 2. The highest BCUT2D eigenvalue weighted by atomic mass is 16.5. The zero-order valence-electron chi connectivity index (χ0n) is 13.8. The quantitative estimate of drug-likeness (QED) is 0.672. The van der Waals surface area contributed by atoms with Crippen LogP contribution in [0.5, 0.6) is 11.5 Å². The molecule has 1 N–H and O–H groups in total. The van der Waals surface area contributed by atoms with Crippen molar-refractivity contribution < 1.29 is 19.1 Å². The maximum atomic E-state index is 12.4. The average Bonchev–Trinajstić information content (AvgIpc) is 2.79. The van der Waals surface area contributed by atoms with Gasteiger partial charge in [-0.2, -0.15) is 5.10 Å². The second kappa shape index (κ2) is 6.51. The summed E-state index contributed by atoms with van der Waals surface area (Å²) >= 11 is 0. The molecule has 7 nitrogen and oxygen atoms in total. The third-order valence-corrected chi connectivity index (χ3v) is 3.60. The topological polar surface area (TPSA) is 82.5 Å². The van der Waals surface area contributed by atoms with Crippen molar-refractivity contribution in [1.29, 1.82) is 0 Å². The molecule has 0 aliphatic carbocycles. The lowest BCUT2D eigenvalue weighted by molar-refractivity contribution is -0.112. The number of nitrogens with zero attached hydrogens (tertiary/aromatic N) is 2. The zero-order chi connectivity index (χ0) is 17.1. The third kappa shape index (κ3) is 3.18.